The molecule has 0 spiro atoms. The van der Waals surface area contributed by atoms with Gasteiger partial charge in [-0.25, -0.2) is 4.99 Å². The van der Waals surface area contributed by atoms with Gasteiger partial charge < -0.3 is 30.6 Å². The Labute approximate surface area is 177 Å². The molecule has 8 nitrogen and oxygen atoms in total. The maximum absolute atomic E-state index is 10.9. The number of methoxy groups -OCH3 is 1. The number of amides is 1. The third-order valence-corrected chi connectivity index (χ3v) is 3.98. The van der Waals surface area contributed by atoms with Gasteiger partial charge in [0.05, 0.1) is 20.2 Å². The lowest BCUT2D eigenvalue weighted by atomic mass is 10.2. The Bertz CT molecular complexity index is 841. The minimum atomic E-state index is -0.512. The van der Waals surface area contributed by atoms with Crippen molar-refractivity contribution in [3.8, 4) is 17.2 Å². The summed E-state index contributed by atoms with van der Waals surface area (Å²) in [4.78, 5) is 15.5. The predicted molar refractivity (Wildman–Crippen MR) is 117 cm³/mol. The summed E-state index contributed by atoms with van der Waals surface area (Å²) in [5, 5.41) is 6.50. The number of nitrogens with one attached hydrogen (secondary N) is 2. The number of hydrogen-bond acceptors (Lipinski definition) is 5. The molecule has 1 unspecified atom stereocenters. The van der Waals surface area contributed by atoms with Gasteiger partial charge in [0, 0.05) is 12.6 Å². The van der Waals surface area contributed by atoms with Crippen molar-refractivity contribution in [3.05, 3.63) is 54.1 Å². The Kier molecular flexibility index (Phi) is 9.30. The van der Waals surface area contributed by atoms with E-state index in [4.69, 9.17) is 19.9 Å². The van der Waals surface area contributed by atoms with Crippen LogP contribution in [0.3, 0.4) is 0 Å². The molecule has 0 saturated heterocycles. The van der Waals surface area contributed by atoms with Crippen LogP contribution in [0.15, 0.2) is 53.5 Å². The number of benzene rings is 2. The highest BCUT2D eigenvalue weighted by Gasteiger charge is 2.07. The van der Waals surface area contributed by atoms with Crippen LogP contribution in [0.25, 0.3) is 0 Å². The average molecular weight is 415 g/mol. The summed E-state index contributed by atoms with van der Waals surface area (Å²) in [6, 6.07) is 14.9. The average Bonchev–Trinajstić information content (AvgIpc) is 2.74. The minimum Gasteiger partial charge on any atom is -0.497 e. The maximum atomic E-state index is 10.9. The molecule has 2 aromatic carbocycles. The molecule has 2 rings (SSSR count). The molecule has 0 aliphatic carbocycles. The van der Waals surface area contributed by atoms with E-state index in [-0.39, 0.29) is 12.7 Å². The van der Waals surface area contributed by atoms with Gasteiger partial charge in [-0.1, -0.05) is 18.2 Å². The van der Waals surface area contributed by atoms with Crippen molar-refractivity contribution in [2.45, 2.75) is 26.5 Å². The van der Waals surface area contributed by atoms with Crippen LogP contribution in [0.1, 0.15) is 19.4 Å². The third kappa shape index (κ3) is 8.30. The van der Waals surface area contributed by atoms with Gasteiger partial charge in [0.15, 0.2) is 12.6 Å². The highest BCUT2D eigenvalue weighted by atomic mass is 16.5. The monoisotopic (exact) mass is 414 g/mol. The molecule has 162 valence electrons. The molecule has 8 heteroatoms. The van der Waals surface area contributed by atoms with E-state index in [1.807, 2.05) is 56.3 Å². The SMILES string of the molecule is CCNC(=NCc1cccc(OCC(N)=O)c1)NCC(C)Oc1cccc(OC)c1. The molecule has 0 saturated carbocycles. The fourth-order valence-corrected chi connectivity index (χ4v) is 2.59. The van der Waals surface area contributed by atoms with Gasteiger partial charge in [0.25, 0.3) is 5.91 Å². The number of primary amides is 1. The van der Waals surface area contributed by atoms with Crippen molar-refractivity contribution in [2.24, 2.45) is 10.7 Å². The van der Waals surface area contributed by atoms with E-state index in [1.165, 1.54) is 0 Å². The Balaban J connectivity index is 1.90. The number of ether oxygens (including phenoxy) is 3. The van der Waals surface area contributed by atoms with E-state index < -0.39 is 5.91 Å². The van der Waals surface area contributed by atoms with Crippen molar-refractivity contribution in [1.82, 2.24) is 10.6 Å². The zero-order valence-corrected chi connectivity index (χ0v) is 17.7. The van der Waals surface area contributed by atoms with E-state index >= 15 is 0 Å². The van der Waals surface area contributed by atoms with Gasteiger partial charge in [0.1, 0.15) is 23.4 Å². The van der Waals surface area contributed by atoms with E-state index in [2.05, 4.69) is 15.6 Å². The van der Waals surface area contributed by atoms with Gasteiger partial charge in [0.2, 0.25) is 0 Å². The topological polar surface area (TPSA) is 107 Å². The van der Waals surface area contributed by atoms with Crippen LogP contribution in [-0.4, -0.2) is 44.8 Å². The summed E-state index contributed by atoms with van der Waals surface area (Å²) in [6.07, 6.45) is -0.0773. The van der Waals surface area contributed by atoms with E-state index in [1.54, 1.807) is 13.2 Å². The molecule has 0 fully saturated rings. The normalized spacial score (nSPS) is 12.0. The fraction of sp³-hybridized carbons (Fsp3) is 0.364. The molecule has 0 bridgehead atoms. The van der Waals surface area contributed by atoms with Crippen molar-refractivity contribution in [2.75, 3.05) is 26.8 Å². The van der Waals surface area contributed by atoms with Gasteiger partial charge in [-0.2, -0.15) is 0 Å². The molecule has 1 atom stereocenters. The molecule has 1 amide bonds. The quantitative estimate of drug-likeness (QED) is 0.384. The summed E-state index contributed by atoms with van der Waals surface area (Å²) < 4.78 is 16.5. The molecule has 0 aliphatic rings. The summed E-state index contributed by atoms with van der Waals surface area (Å²) in [5.74, 6) is 2.26. The molecule has 0 radical (unpaired) electrons. The standard InChI is InChI=1S/C22H30N4O4/c1-4-24-22(25-13-16(2)30-20-10-6-8-18(12-20)28-3)26-14-17-7-5-9-19(11-17)29-15-21(23)27/h5-12,16H,4,13-15H2,1-3H3,(H2,23,27)(H2,24,25,26). The molecule has 0 heterocycles. The molecular weight excluding hydrogens is 384 g/mol. The Morgan fingerprint density at radius 2 is 1.83 bits per heavy atom. The first kappa shape index (κ1) is 22.9. The first-order valence-corrected chi connectivity index (χ1v) is 9.83. The van der Waals surface area contributed by atoms with E-state index in [9.17, 15) is 4.79 Å². The van der Waals surface area contributed by atoms with Crippen molar-refractivity contribution in [1.29, 1.82) is 0 Å². The maximum Gasteiger partial charge on any atom is 0.255 e. The highest BCUT2D eigenvalue weighted by Crippen LogP contribution is 2.19. The predicted octanol–water partition coefficient (Wildman–Crippen LogP) is 2.08. The summed E-state index contributed by atoms with van der Waals surface area (Å²) in [6.45, 7) is 5.60. The number of rotatable bonds is 11. The second-order valence-corrected chi connectivity index (χ2v) is 6.59. The van der Waals surface area contributed by atoms with Gasteiger partial charge in [-0.15, -0.1) is 0 Å². The van der Waals surface area contributed by atoms with Gasteiger partial charge >= 0.3 is 0 Å². The van der Waals surface area contributed by atoms with E-state index in [0.29, 0.717) is 24.8 Å². The van der Waals surface area contributed by atoms with Crippen LogP contribution in [0, 0.1) is 0 Å². The number of guanidine groups is 1. The Hall–Kier alpha value is -3.42. The Morgan fingerprint density at radius 1 is 1.10 bits per heavy atom. The van der Waals surface area contributed by atoms with Gasteiger partial charge in [-0.05, 0) is 43.7 Å². The van der Waals surface area contributed by atoms with Crippen molar-refractivity contribution >= 4 is 11.9 Å². The van der Waals surface area contributed by atoms with Crippen LogP contribution in [-0.2, 0) is 11.3 Å². The van der Waals surface area contributed by atoms with Crippen LogP contribution in [0.4, 0.5) is 0 Å². The number of nitrogens with zero attached hydrogens (tertiary/aromatic N) is 1. The summed E-state index contributed by atoms with van der Waals surface area (Å²) in [7, 11) is 1.63. The second kappa shape index (κ2) is 12.2. The molecule has 0 aliphatic heterocycles. The molecular formula is C22H30N4O4. The highest BCUT2D eigenvalue weighted by molar-refractivity contribution is 5.79. The van der Waals surface area contributed by atoms with Crippen molar-refractivity contribution in [3.63, 3.8) is 0 Å². The van der Waals surface area contributed by atoms with Crippen molar-refractivity contribution < 1.29 is 19.0 Å². The smallest absolute Gasteiger partial charge is 0.255 e. The molecule has 30 heavy (non-hydrogen) atoms. The first-order chi connectivity index (χ1) is 14.5. The van der Waals surface area contributed by atoms with E-state index in [0.717, 1.165) is 23.6 Å². The Morgan fingerprint density at radius 3 is 2.57 bits per heavy atom. The second-order valence-electron chi connectivity index (χ2n) is 6.59. The van der Waals surface area contributed by atoms with Crippen LogP contribution >= 0.6 is 0 Å². The van der Waals surface area contributed by atoms with Gasteiger partial charge in [-0.3, -0.25) is 4.79 Å². The molecule has 4 N–H and O–H groups in total. The largest absolute Gasteiger partial charge is 0.497 e. The first-order valence-electron chi connectivity index (χ1n) is 9.83. The minimum absolute atomic E-state index is 0.0773. The number of carbonyl (C=O) groups is 1. The lowest BCUT2D eigenvalue weighted by molar-refractivity contribution is -0.119. The number of hydrogen-bond donors (Lipinski definition) is 3. The lowest BCUT2D eigenvalue weighted by Gasteiger charge is -2.18. The number of aliphatic imine (C=N–C) groups is 1. The zero-order valence-electron chi connectivity index (χ0n) is 17.7. The lowest BCUT2D eigenvalue weighted by Crippen LogP contribution is -2.41. The van der Waals surface area contributed by atoms with Crippen LogP contribution < -0.4 is 30.6 Å². The summed E-state index contributed by atoms with van der Waals surface area (Å²) >= 11 is 0. The molecule has 0 aromatic heterocycles. The zero-order chi connectivity index (χ0) is 21.8. The fourth-order valence-electron chi connectivity index (χ4n) is 2.59. The number of nitrogens with two attached hydrogens (primary N) is 1. The van der Waals surface area contributed by atoms with Crippen LogP contribution in [0.2, 0.25) is 0 Å². The van der Waals surface area contributed by atoms with Crippen LogP contribution in [0.5, 0.6) is 17.2 Å². The number of carbonyl (C=O) groups excluding carboxylic acids is 1. The summed E-state index contributed by atoms with van der Waals surface area (Å²) in [5.41, 5.74) is 6.07. The molecule has 2 aromatic rings. The third-order valence-electron chi connectivity index (χ3n) is 3.98.